The maximum Gasteiger partial charge on any atom is 0.489 e. The van der Waals surface area contributed by atoms with Crippen LogP contribution in [0.1, 0.15) is 10.4 Å². The lowest BCUT2D eigenvalue weighted by Gasteiger charge is -2.08. The van der Waals surface area contributed by atoms with Gasteiger partial charge >= 0.3 is 13.1 Å². The van der Waals surface area contributed by atoms with Gasteiger partial charge in [-0.25, -0.2) is 4.79 Å². The van der Waals surface area contributed by atoms with Crippen LogP contribution in [0.15, 0.2) is 18.2 Å². The molecule has 0 unspecified atom stereocenters. The molecule has 2 N–H and O–H groups in total. The van der Waals surface area contributed by atoms with E-state index in [4.69, 9.17) is 21.6 Å². The first kappa shape index (κ1) is 11.0. The van der Waals surface area contributed by atoms with Gasteiger partial charge in [0.1, 0.15) is 0 Å². The summed E-state index contributed by atoms with van der Waals surface area (Å²) in [6, 6.07) is 4.38. The zero-order chi connectivity index (χ0) is 10.7. The molecule has 0 radical (unpaired) electrons. The van der Waals surface area contributed by atoms with Gasteiger partial charge in [-0.3, -0.25) is 0 Å². The Balaban J connectivity index is 3.29. The molecule has 0 aliphatic carbocycles. The van der Waals surface area contributed by atoms with Crippen LogP contribution < -0.4 is 5.46 Å². The van der Waals surface area contributed by atoms with Crippen LogP contribution in [0.5, 0.6) is 0 Å². The number of carbonyl (C=O) groups is 1. The second-order valence-electron chi connectivity index (χ2n) is 2.57. The summed E-state index contributed by atoms with van der Waals surface area (Å²) in [5.74, 6) is -0.696. The largest absolute Gasteiger partial charge is 0.489 e. The van der Waals surface area contributed by atoms with Crippen LogP contribution in [0.25, 0.3) is 0 Å². The molecule has 0 saturated heterocycles. The Hall–Kier alpha value is -1.04. The Kier molecular flexibility index (Phi) is 3.52. The highest BCUT2D eigenvalue weighted by molar-refractivity contribution is 6.61. The molecular weight excluding hydrogens is 206 g/mol. The maximum atomic E-state index is 11.2. The summed E-state index contributed by atoms with van der Waals surface area (Å²) < 4.78 is 4.46. The van der Waals surface area contributed by atoms with E-state index in [0.717, 1.165) is 0 Å². The molecule has 14 heavy (non-hydrogen) atoms. The lowest BCUT2D eigenvalue weighted by atomic mass is 9.77. The third-order valence-electron chi connectivity index (χ3n) is 1.71. The summed E-state index contributed by atoms with van der Waals surface area (Å²) in [6.07, 6.45) is 0. The fourth-order valence-corrected chi connectivity index (χ4v) is 1.33. The second kappa shape index (κ2) is 4.46. The summed E-state index contributed by atoms with van der Waals surface area (Å²) in [5, 5.41) is 18.1. The van der Waals surface area contributed by atoms with E-state index in [1.165, 1.54) is 25.3 Å². The molecule has 0 atom stereocenters. The smallest absolute Gasteiger partial charge is 0.465 e. The molecule has 6 heteroatoms. The highest BCUT2D eigenvalue weighted by Gasteiger charge is 2.23. The minimum absolute atomic E-state index is 0.0216. The molecule has 1 aromatic rings. The number of methoxy groups -OCH3 is 1. The molecular formula is C8H8BClO4. The maximum absolute atomic E-state index is 11.2. The molecule has 0 bridgehead atoms. The summed E-state index contributed by atoms with van der Waals surface area (Å²) in [5.41, 5.74) is 0.0102. The predicted molar refractivity (Wildman–Crippen MR) is 52.6 cm³/mol. The second-order valence-corrected chi connectivity index (χ2v) is 2.98. The molecule has 0 saturated carbocycles. The van der Waals surface area contributed by atoms with E-state index in [1.54, 1.807) is 0 Å². The number of rotatable bonds is 2. The minimum atomic E-state index is -1.75. The van der Waals surface area contributed by atoms with Crippen LogP contribution in [-0.2, 0) is 4.74 Å². The van der Waals surface area contributed by atoms with Gasteiger partial charge in [0.2, 0.25) is 0 Å². The van der Waals surface area contributed by atoms with Crippen molar-refractivity contribution in [1.82, 2.24) is 0 Å². The van der Waals surface area contributed by atoms with Gasteiger partial charge in [0, 0.05) is 0 Å². The highest BCUT2D eigenvalue weighted by Crippen LogP contribution is 2.14. The molecule has 0 amide bonds. The average Bonchev–Trinajstić information content (AvgIpc) is 2.16. The van der Waals surface area contributed by atoms with E-state index < -0.39 is 13.1 Å². The summed E-state index contributed by atoms with van der Waals surface area (Å²) in [6.45, 7) is 0. The third-order valence-corrected chi connectivity index (χ3v) is 2.03. The van der Waals surface area contributed by atoms with Gasteiger partial charge in [-0.1, -0.05) is 23.7 Å². The van der Waals surface area contributed by atoms with Gasteiger partial charge in [-0.15, -0.1) is 0 Å². The number of hydrogen-bond acceptors (Lipinski definition) is 4. The van der Waals surface area contributed by atoms with Crippen molar-refractivity contribution in [2.45, 2.75) is 0 Å². The van der Waals surface area contributed by atoms with Gasteiger partial charge in [0.15, 0.2) is 0 Å². The molecule has 1 rings (SSSR count). The van der Waals surface area contributed by atoms with Crippen LogP contribution in [-0.4, -0.2) is 30.2 Å². The number of hydrogen-bond donors (Lipinski definition) is 2. The molecule has 0 aliphatic heterocycles. The van der Waals surface area contributed by atoms with Crippen molar-refractivity contribution in [1.29, 1.82) is 0 Å². The Bertz CT molecular complexity index is 353. The number of halogens is 1. The van der Waals surface area contributed by atoms with Gasteiger partial charge < -0.3 is 14.8 Å². The van der Waals surface area contributed by atoms with E-state index in [9.17, 15) is 4.79 Å². The van der Waals surface area contributed by atoms with Gasteiger partial charge in [0.05, 0.1) is 17.7 Å². The molecule has 0 fully saturated rings. The van der Waals surface area contributed by atoms with Crippen LogP contribution in [0, 0.1) is 0 Å². The van der Waals surface area contributed by atoms with Crippen LogP contribution in [0.2, 0.25) is 5.02 Å². The van der Waals surface area contributed by atoms with E-state index in [1.807, 2.05) is 0 Å². The van der Waals surface area contributed by atoms with Crippen LogP contribution >= 0.6 is 11.6 Å². The predicted octanol–water partition coefficient (Wildman–Crippen LogP) is -0.194. The first-order valence-corrected chi connectivity index (χ1v) is 4.18. The van der Waals surface area contributed by atoms with Crippen molar-refractivity contribution in [3.05, 3.63) is 28.8 Å². The number of ether oxygens (including phenoxy) is 1. The molecule has 0 aliphatic rings. The Labute approximate surface area is 86.2 Å². The standard InChI is InChI=1S/C8H8BClO4/c1-14-8(11)7-5(9(12)13)3-2-4-6(7)10/h2-4,12-13H,1H3. The monoisotopic (exact) mass is 214 g/mol. The van der Waals surface area contributed by atoms with Gasteiger partial charge in [-0.05, 0) is 11.5 Å². The SMILES string of the molecule is COC(=O)c1c(Cl)cccc1B(O)O. The average molecular weight is 214 g/mol. The van der Waals surface area contributed by atoms with E-state index >= 15 is 0 Å². The normalized spacial score (nSPS) is 9.71. The first-order chi connectivity index (χ1) is 6.57. The lowest BCUT2D eigenvalue weighted by Crippen LogP contribution is -2.35. The quantitative estimate of drug-likeness (QED) is 0.529. The highest BCUT2D eigenvalue weighted by atomic mass is 35.5. The van der Waals surface area contributed by atoms with Crippen molar-refractivity contribution in [3.63, 3.8) is 0 Å². The molecule has 0 aromatic heterocycles. The fraction of sp³-hybridized carbons (Fsp3) is 0.125. The van der Waals surface area contributed by atoms with Crippen LogP contribution in [0.4, 0.5) is 0 Å². The minimum Gasteiger partial charge on any atom is -0.465 e. The Morgan fingerprint density at radius 1 is 1.50 bits per heavy atom. The van der Waals surface area contributed by atoms with E-state index in [2.05, 4.69) is 4.74 Å². The first-order valence-electron chi connectivity index (χ1n) is 3.80. The van der Waals surface area contributed by atoms with Gasteiger partial charge in [-0.2, -0.15) is 0 Å². The van der Waals surface area contributed by atoms with E-state index in [-0.39, 0.29) is 16.0 Å². The van der Waals surface area contributed by atoms with Crippen molar-refractivity contribution in [2.75, 3.05) is 7.11 Å². The third kappa shape index (κ3) is 2.06. The van der Waals surface area contributed by atoms with Gasteiger partial charge in [0.25, 0.3) is 0 Å². The number of esters is 1. The number of carbonyl (C=O) groups excluding carboxylic acids is 1. The zero-order valence-corrected chi connectivity index (χ0v) is 8.15. The molecule has 4 nitrogen and oxygen atoms in total. The topological polar surface area (TPSA) is 66.8 Å². The molecule has 0 heterocycles. The lowest BCUT2D eigenvalue weighted by molar-refractivity contribution is 0.0602. The molecule has 74 valence electrons. The van der Waals surface area contributed by atoms with Crippen molar-refractivity contribution in [3.8, 4) is 0 Å². The van der Waals surface area contributed by atoms with Crippen molar-refractivity contribution >= 4 is 30.2 Å². The Morgan fingerprint density at radius 3 is 2.64 bits per heavy atom. The molecule has 1 aromatic carbocycles. The van der Waals surface area contributed by atoms with Crippen LogP contribution in [0.3, 0.4) is 0 Å². The molecule has 0 spiro atoms. The summed E-state index contributed by atoms with van der Waals surface area (Å²) in [4.78, 5) is 11.2. The summed E-state index contributed by atoms with van der Waals surface area (Å²) in [7, 11) is -0.554. The van der Waals surface area contributed by atoms with Crippen molar-refractivity contribution in [2.24, 2.45) is 0 Å². The van der Waals surface area contributed by atoms with Crippen molar-refractivity contribution < 1.29 is 19.6 Å². The van der Waals surface area contributed by atoms with E-state index in [0.29, 0.717) is 0 Å². The fourth-order valence-electron chi connectivity index (χ4n) is 1.07. The zero-order valence-electron chi connectivity index (χ0n) is 7.40. The number of benzene rings is 1. The summed E-state index contributed by atoms with van der Waals surface area (Å²) >= 11 is 5.72. The Morgan fingerprint density at radius 2 is 2.14 bits per heavy atom.